The lowest BCUT2D eigenvalue weighted by atomic mass is 9.76. The third-order valence-electron chi connectivity index (χ3n) is 16.8. The third-order valence-corrected chi connectivity index (χ3v) is 17.8. The van der Waals surface area contributed by atoms with Gasteiger partial charge in [0.05, 0.1) is 50.7 Å². The average Bonchev–Trinajstić information content (AvgIpc) is 3.14. The molecule has 0 unspecified atom stereocenters. The minimum absolute atomic E-state index is 0.00407. The van der Waals surface area contributed by atoms with E-state index in [9.17, 15) is 47.0 Å². The van der Waals surface area contributed by atoms with Gasteiger partial charge in [-0.25, -0.2) is 9.37 Å². The molecule has 4 N–H and O–H groups in total. The summed E-state index contributed by atoms with van der Waals surface area (Å²) in [6, 6.07) is 17.8. The molecule has 452 valence electrons. The highest BCUT2D eigenvalue weighted by Gasteiger charge is 2.44. The molecule has 5 heterocycles. The van der Waals surface area contributed by atoms with Crippen molar-refractivity contribution >= 4 is 52.0 Å². The van der Waals surface area contributed by atoms with Crippen LogP contribution in [0.15, 0.2) is 83.2 Å². The van der Waals surface area contributed by atoms with Crippen LogP contribution in [0, 0.1) is 24.1 Å². The van der Waals surface area contributed by atoms with Crippen molar-refractivity contribution in [1.29, 1.82) is 0 Å². The number of ketones is 2. The van der Waals surface area contributed by atoms with Crippen LogP contribution < -0.4 is 21.1 Å². The van der Waals surface area contributed by atoms with Crippen LogP contribution in [-0.2, 0) is 38.3 Å². The number of benzene rings is 3. The Labute approximate surface area is 493 Å². The van der Waals surface area contributed by atoms with E-state index in [1.807, 2.05) is 64.5 Å². The molecule has 2 aromatic heterocycles. The topological polar surface area (TPSA) is 192 Å². The Balaban J connectivity index is 0.773. The molecule has 0 radical (unpaired) electrons. The number of carbonyl (C=O) groups excluding carboxylic acids is 5. The van der Waals surface area contributed by atoms with Gasteiger partial charge in [0.2, 0.25) is 17.4 Å². The molecule has 3 amide bonds. The Kier molecular flexibility index (Phi) is 20.8. The van der Waals surface area contributed by atoms with Gasteiger partial charge >= 0.3 is 6.18 Å². The van der Waals surface area contributed by atoms with E-state index in [1.165, 1.54) is 11.0 Å². The number of halogens is 4. The van der Waals surface area contributed by atoms with Gasteiger partial charge in [-0.2, -0.15) is 13.2 Å². The summed E-state index contributed by atoms with van der Waals surface area (Å²) in [6.07, 6.45) is -2.72. The number of aromatic nitrogens is 2. The molecule has 5 aromatic rings. The molecule has 3 aromatic carbocycles. The van der Waals surface area contributed by atoms with Crippen LogP contribution in [-0.4, -0.2) is 154 Å². The molecule has 8 rings (SSSR count). The first kappa shape index (κ1) is 63.4. The lowest BCUT2D eigenvalue weighted by Crippen LogP contribution is -2.55. The van der Waals surface area contributed by atoms with E-state index in [0.29, 0.717) is 69.3 Å². The van der Waals surface area contributed by atoms with Crippen LogP contribution >= 0.6 is 11.3 Å². The predicted octanol–water partition coefficient (Wildman–Crippen LogP) is 8.99. The monoisotopic (exact) mass is 1180 g/mol. The second-order valence-corrected chi connectivity index (χ2v) is 24.9. The summed E-state index contributed by atoms with van der Waals surface area (Å²) in [4.78, 5) is 97.5. The molecule has 3 aliphatic heterocycles. The minimum Gasteiger partial charge on any atom is -0.391 e. The number of rotatable bonds is 22. The van der Waals surface area contributed by atoms with Crippen LogP contribution in [0.5, 0.6) is 0 Å². The number of aryl methyl sites for hydroxylation is 2. The number of nitrogens with zero attached hydrogens (tertiary/aromatic N) is 6. The second-order valence-electron chi connectivity index (χ2n) is 24.1. The van der Waals surface area contributed by atoms with Gasteiger partial charge in [0.15, 0.2) is 5.78 Å². The van der Waals surface area contributed by atoms with E-state index in [4.69, 9.17) is 0 Å². The SMILES string of the molecule is Cc1ncsc1-c1ccc(CCC(=O)[C@@H]2C[C@@H](O)CN2C(=O)[C@@H](CC(=O)CCCCC(=O)NCCN2CCN(Cc3ccc(F)c(-c4ccc(N5C[C@@H](C)N(C)[C@@H](C)C5)c(NC(=O)c5c[nH]c(=O)cc5C(F)(F)F)c4)c3)CC2)C(C)(C)C)cc1. The average molecular weight is 1180 g/mol. The second kappa shape index (κ2) is 27.6. The molecule has 0 aliphatic carbocycles. The van der Waals surface area contributed by atoms with Crippen molar-refractivity contribution in [3.63, 3.8) is 0 Å². The molecular weight excluding hydrogens is 1100 g/mol. The molecule has 3 saturated heterocycles. The Morgan fingerprint density at radius 2 is 1.51 bits per heavy atom. The summed E-state index contributed by atoms with van der Waals surface area (Å²) < 4.78 is 57.9. The Morgan fingerprint density at radius 1 is 0.845 bits per heavy atom. The summed E-state index contributed by atoms with van der Waals surface area (Å²) in [7, 11) is 2.02. The van der Waals surface area contributed by atoms with Crippen LogP contribution in [0.1, 0.15) is 112 Å². The normalized spacial score (nSPS) is 19.6. The number of unbranched alkanes of at least 4 members (excludes halogenated alkanes) is 1. The molecular formula is C63H79F4N9O7S. The smallest absolute Gasteiger partial charge is 0.391 e. The zero-order chi connectivity index (χ0) is 60.6. The Bertz CT molecular complexity index is 3200. The number of β-amino-alcohol motifs (C(OH)–C–C–N with tert-alkyl or cyclic N) is 1. The van der Waals surface area contributed by atoms with Gasteiger partial charge < -0.3 is 30.5 Å². The van der Waals surface area contributed by atoms with E-state index in [-0.39, 0.29) is 85.4 Å². The maximum absolute atomic E-state index is 15.8. The number of hydrogen-bond acceptors (Lipinski definition) is 13. The zero-order valence-corrected chi connectivity index (χ0v) is 49.9. The summed E-state index contributed by atoms with van der Waals surface area (Å²) in [6.45, 7) is 17.5. The number of anilines is 2. The van der Waals surface area contributed by atoms with Crippen molar-refractivity contribution < 1.29 is 46.6 Å². The third kappa shape index (κ3) is 16.2. The van der Waals surface area contributed by atoms with Crippen molar-refractivity contribution in [1.82, 2.24) is 34.9 Å². The molecule has 5 atom stereocenters. The number of aromatic amines is 1. The van der Waals surface area contributed by atoms with E-state index in [0.717, 1.165) is 59.6 Å². The molecule has 16 nitrogen and oxygen atoms in total. The number of pyridine rings is 1. The number of aliphatic hydroxyl groups is 1. The highest BCUT2D eigenvalue weighted by Crippen LogP contribution is 2.38. The van der Waals surface area contributed by atoms with Gasteiger partial charge in [-0.05, 0) is 99.0 Å². The fourth-order valence-corrected chi connectivity index (χ4v) is 12.4. The number of aliphatic hydroxyl groups excluding tert-OH is 1. The number of nitrogens with one attached hydrogen (secondary N) is 3. The van der Waals surface area contributed by atoms with Gasteiger partial charge in [0.25, 0.3) is 5.91 Å². The number of likely N-dealkylation sites (tertiary alicyclic amines) is 1. The highest BCUT2D eigenvalue weighted by atomic mass is 32.1. The van der Waals surface area contributed by atoms with Crippen LogP contribution in [0.2, 0.25) is 0 Å². The summed E-state index contributed by atoms with van der Waals surface area (Å²) in [5, 5.41) is 16.3. The lowest BCUT2D eigenvalue weighted by molar-refractivity contribution is -0.145. The number of piperazine rings is 2. The van der Waals surface area contributed by atoms with E-state index < -0.39 is 58.1 Å². The van der Waals surface area contributed by atoms with Gasteiger partial charge in [-0.1, -0.05) is 57.2 Å². The lowest BCUT2D eigenvalue weighted by Gasteiger charge is -2.44. The molecule has 3 fully saturated rings. The quantitative estimate of drug-likeness (QED) is 0.0381. The van der Waals surface area contributed by atoms with E-state index in [2.05, 4.69) is 54.0 Å². The standard InChI is InChI=1S/C63H79F4N9O7S/c1-39-34-75(35-40(2)72(39)7)54-20-18-45(29-53(54)71-60(82)49-33-69-58(81)32-50(49)63(65,66)67)48-28-43(14-19-52(48)64)36-74-26-24-73(25-27-74)23-22-68-57(80)11-9-8-10-46(77)30-51(62(4,5)6)61(83)76-37-47(78)31-55(76)56(79)21-15-42-12-16-44(17-13-42)59-41(3)70-38-84-59/h12-14,16-20,28-29,32-33,38-40,47,51,55,78H,8-11,15,21-27,30-31,34-37H2,1-7H3,(H,68,80)(H,69,81)(H,71,82)/t39-,40+,47-,51-,55+/m1/s1. The number of hydrogen-bond donors (Lipinski definition) is 4. The number of H-pyrrole nitrogens is 1. The van der Waals surface area contributed by atoms with Crippen LogP contribution in [0.4, 0.5) is 28.9 Å². The van der Waals surface area contributed by atoms with Crippen molar-refractivity contribution in [2.24, 2.45) is 11.3 Å². The molecule has 21 heteroatoms. The molecule has 84 heavy (non-hydrogen) atoms. The minimum atomic E-state index is -4.97. The van der Waals surface area contributed by atoms with Crippen molar-refractivity contribution in [3.8, 4) is 21.6 Å². The fraction of sp³-hybridized carbons (Fsp3) is 0.508. The maximum Gasteiger partial charge on any atom is 0.417 e. The van der Waals surface area contributed by atoms with E-state index >= 15 is 4.39 Å². The number of amides is 3. The number of carbonyl (C=O) groups is 5. The summed E-state index contributed by atoms with van der Waals surface area (Å²) >= 11 is 1.58. The van der Waals surface area contributed by atoms with E-state index in [1.54, 1.807) is 41.7 Å². The summed E-state index contributed by atoms with van der Waals surface area (Å²) in [5.41, 5.74) is 3.40. The maximum atomic E-state index is 15.8. The number of alkyl halides is 3. The molecule has 0 bridgehead atoms. The fourth-order valence-electron chi connectivity index (χ4n) is 11.6. The number of likely N-dealkylation sites (N-methyl/N-ethyl adjacent to an activating group) is 1. The van der Waals surface area contributed by atoms with Gasteiger partial charge in [-0.3, -0.25) is 43.5 Å². The number of thiazole rings is 1. The van der Waals surface area contributed by atoms with Crippen LogP contribution in [0.25, 0.3) is 21.6 Å². The summed E-state index contributed by atoms with van der Waals surface area (Å²) in [5.74, 6) is -2.89. The first-order valence-corrected chi connectivity index (χ1v) is 30.0. The van der Waals surface area contributed by atoms with Gasteiger partial charge in [0.1, 0.15) is 11.6 Å². The first-order chi connectivity index (χ1) is 39.8. The van der Waals surface area contributed by atoms with Gasteiger partial charge in [0, 0.05) is 133 Å². The largest absolute Gasteiger partial charge is 0.417 e. The van der Waals surface area contributed by atoms with Crippen molar-refractivity contribution in [3.05, 3.63) is 123 Å². The first-order valence-electron chi connectivity index (χ1n) is 29.1. The molecule has 0 spiro atoms. The van der Waals surface area contributed by atoms with Crippen molar-refractivity contribution in [2.45, 2.75) is 130 Å². The Hall–Kier alpha value is -6.65. The Morgan fingerprint density at radius 3 is 2.18 bits per heavy atom. The molecule has 0 saturated carbocycles. The van der Waals surface area contributed by atoms with Crippen molar-refractivity contribution in [2.75, 3.05) is 76.2 Å². The zero-order valence-electron chi connectivity index (χ0n) is 49.1. The molecule has 3 aliphatic rings. The highest BCUT2D eigenvalue weighted by molar-refractivity contribution is 7.13. The number of Topliss-reactive ketones (excluding diaryl/α,β-unsaturated/α-hetero) is 2. The van der Waals surface area contributed by atoms with Gasteiger partial charge in [-0.15, -0.1) is 11.3 Å². The van der Waals surface area contributed by atoms with Crippen LogP contribution in [0.3, 0.4) is 0 Å². The predicted molar refractivity (Wildman–Crippen MR) is 318 cm³/mol.